The van der Waals surface area contributed by atoms with Crippen LogP contribution in [0.2, 0.25) is 0 Å². The Morgan fingerprint density at radius 2 is 1.50 bits per heavy atom. The van der Waals surface area contributed by atoms with Crippen molar-refractivity contribution in [3.05, 3.63) is 35.9 Å². The van der Waals surface area contributed by atoms with Crippen LogP contribution in [-0.2, 0) is 19.1 Å². The highest BCUT2D eigenvalue weighted by Gasteiger charge is 2.42. The molecule has 4 nitrogen and oxygen atoms in total. The molecule has 2 rings (SSSR count). The molecule has 0 aliphatic heterocycles. The third kappa shape index (κ3) is 3.67. The minimum atomic E-state index is -0.888. The van der Waals surface area contributed by atoms with E-state index in [9.17, 15) is 9.59 Å². The summed E-state index contributed by atoms with van der Waals surface area (Å²) in [7, 11) is 2.64. The number of ether oxygens (including phenoxy) is 2. The van der Waals surface area contributed by atoms with Crippen LogP contribution in [0.5, 0.6) is 0 Å². The minimum absolute atomic E-state index is 0.179. The fourth-order valence-corrected chi connectivity index (χ4v) is 3.55. The molecule has 0 aromatic heterocycles. The molecular weight excluding hydrogens is 280 g/mol. The Balaban J connectivity index is 2.40. The Bertz CT molecular complexity index is 475. The lowest BCUT2D eigenvalue weighted by molar-refractivity contribution is -0.161. The number of benzene rings is 1. The second-order valence-electron chi connectivity index (χ2n) is 5.86. The van der Waals surface area contributed by atoms with Gasteiger partial charge in [-0.3, -0.25) is 9.59 Å². The van der Waals surface area contributed by atoms with Crippen molar-refractivity contribution >= 4 is 11.9 Å². The molecule has 0 saturated heterocycles. The lowest BCUT2D eigenvalue weighted by Crippen LogP contribution is -2.36. The Morgan fingerprint density at radius 3 is 2.00 bits per heavy atom. The van der Waals surface area contributed by atoms with Crippen LogP contribution in [0.15, 0.2) is 30.3 Å². The average Bonchev–Trinajstić information content (AvgIpc) is 2.59. The Kier molecular flexibility index (Phi) is 5.99. The smallest absolute Gasteiger partial charge is 0.320 e. The molecule has 1 saturated carbocycles. The first kappa shape index (κ1) is 16.5. The van der Waals surface area contributed by atoms with Crippen molar-refractivity contribution in [2.24, 2.45) is 11.8 Å². The van der Waals surface area contributed by atoms with Crippen LogP contribution < -0.4 is 0 Å². The zero-order valence-corrected chi connectivity index (χ0v) is 13.3. The molecule has 1 fully saturated rings. The molecule has 4 heteroatoms. The van der Waals surface area contributed by atoms with Crippen LogP contribution in [0.1, 0.15) is 43.6 Å². The first-order valence-corrected chi connectivity index (χ1v) is 7.89. The largest absolute Gasteiger partial charge is 0.468 e. The van der Waals surface area contributed by atoms with Gasteiger partial charge in [-0.05, 0) is 24.3 Å². The highest BCUT2D eigenvalue weighted by atomic mass is 16.5. The van der Waals surface area contributed by atoms with E-state index in [-0.39, 0.29) is 5.92 Å². The number of esters is 2. The summed E-state index contributed by atoms with van der Waals surface area (Å²) in [5.41, 5.74) is 1.01. The lowest BCUT2D eigenvalue weighted by Gasteiger charge is -2.33. The van der Waals surface area contributed by atoms with Crippen LogP contribution in [0.25, 0.3) is 0 Å². The van der Waals surface area contributed by atoms with E-state index in [1.807, 2.05) is 30.3 Å². The van der Waals surface area contributed by atoms with Gasteiger partial charge in [-0.25, -0.2) is 0 Å². The highest BCUT2D eigenvalue weighted by Crippen LogP contribution is 2.41. The monoisotopic (exact) mass is 304 g/mol. The van der Waals surface area contributed by atoms with Crippen LogP contribution >= 0.6 is 0 Å². The van der Waals surface area contributed by atoms with E-state index in [0.717, 1.165) is 31.2 Å². The number of carbonyl (C=O) groups is 2. The quantitative estimate of drug-likeness (QED) is 0.618. The van der Waals surface area contributed by atoms with Crippen molar-refractivity contribution in [1.29, 1.82) is 0 Å². The van der Waals surface area contributed by atoms with Crippen molar-refractivity contribution in [2.45, 2.75) is 38.0 Å². The maximum Gasteiger partial charge on any atom is 0.320 e. The molecule has 1 atom stereocenters. The summed E-state index contributed by atoms with van der Waals surface area (Å²) >= 11 is 0. The van der Waals surface area contributed by atoms with Crippen molar-refractivity contribution in [3.8, 4) is 0 Å². The van der Waals surface area contributed by atoms with E-state index < -0.39 is 17.9 Å². The molecule has 120 valence electrons. The minimum Gasteiger partial charge on any atom is -0.468 e. The third-order valence-electron chi connectivity index (χ3n) is 4.61. The summed E-state index contributed by atoms with van der Waals surface area (Å²) in [6.45, 7) is 0. The van der Waals surface area contributed by atoms with E-state index in [1.54, 1.807) is 0 Å². The molecule has 1 aliphatic carbocycles. The normalized spacial score (nSPS) is 17.0. The van der Waals surface area contributed by atoms with Crippen molar-refractivity contribution in [3.63, 3.8) is 0 Å². The zero-order valence-electron chi connectivity index (χ0n) is 13.3. The van der Waals surface area contributed by atoms with Gasteiger partial charge < -0.3 is 9.47 Å². The molecule has 1 aliphatic rings. The van der Waals surface area contributed by atoms with Crippen molar-refractivity contribution in [1.82, 2.24) is 0 Å². The highest BCUT2D eigenvalue weighted by molar-refractivity contribution is 5.96. The molecule has 22 heavy (non-hydrogen) atoms. The topological polar surface area (TPSA) is 52.6 Å². The molecular formula is C18H24O4. The molecule has 0 amide bonds. The molecule has 0 spiro atoms. The van der Waals surface area contributed by atoms with Gasteiger partial charge in [0.2, 0.25) is 0 Å². The van der Waals surface area contributed by atoms with Crippen molar-refractivity contribution < 1.29 is 19.1 Å². The maximum atomic E-state index is 12.2. The molecule has 0 bridgehead atoms. The number of rotatable bonds is 5. The van der Waals surface area contributed by atoms with Gasteiger partial charge in [0.1, 0.15) is 0 Å². The fourth-order valence-electron chi connectivity index (χ4n) is 3.55. The van der Waals surface area contributed by atoms with E-state index >= 15 is 0 Å². The lowest BCUT2D eigenvalue weighted by atomic mass is 9.71. The van der Waals surface area contributed by atoms with Gasteiger partial charge in [0, 0.05) is 5.92 Å². The molecule has 0 N–H and O–H groups in total. The van der Waals surface area contributed by atoms with E-state index in [2.05, 4.69) is 0 Å². The van der Waals surface area contributed by atoms with Gasteiger partial charge in [0.15, 0.2) is 5.92 Å². The van der Waals surface area contributed by atoms with Crippen molar-refractivity contribution in [2.75, 3.05) is 14.2 Å². The summed E-state index contributed by atoms with van der Waals surface area (Å²) in [5.74, 6) is -1.78. The second-order valence-corrected chi connectivity index (χ2v) is 5.86. The summed E-state index contributed by atoms with van der Waals surface area (Å²) < 4.78 is 9.78. The first-order valence-electron chi connectivity index (χ1n) is 7.89. The number of hydrogen-bond acceptors (Lipinski definition) is 4. The molecule has 0 heterocycles. The van der Waals surface area contributed by atoms with Crippen LogP contribution in [0.4, 0.5) is 0 Å². The van der Waals surface area contributed by atoms with Crippen LogP contribution in [0, 0.1) is 11.8 Å². The van der Waals surface area contributed by atoms with Gasteiger partial charge in [0.25, 0.3) is 0 Å². The number of hydrogen-bond donors (Lipinski definition) is 0. The van der Waals surface area contributed by atoms with Gasteiger partial charge in [-0.2, -0.15) is 0 Å². The predicted molar refractivity (Wildman–Crippen MR) is 83.3 cm³/mol. The number of carbonyl (C=O) groups excluding carboxylic acids is 2. The van der Waals surface area contributed by atoms with Crippen LogP contribution in [-0.4, -0.2) is 26.2 Å². The second kappa shape index (κ2) is 7.97. The summed E-state index contributed by atoms with van der Waals surface area (Å²) in [4.78, 5) is 24.5. The first-order chi connectivity index (χ1) is 10.7. The zero-order chi connectivity index (χ0) is 15.9. The molecule has 0 radical (unpaired) electrons. The third-order valence-corrected chi connectivity index (χ3v) is 4.61. The summed E-state index contributed by atoms with van der Waals surface area (Å²) in [5, 5.41) is 0. The van der Waals surface area contributed by atoms with Gasteiger partial charge >= 0.3 is 11.9 Å². The summed E-state index contributed by atoms with van der Waals surface area (Å²) in [6.07, 6.45) is 5.57. The molecule has 0 unspecified atom stereocenters. The predicted octanol–water partition coefficient (Wildman–Crippen LogP) is 3.31. The standard InChI is InChI=1S/C18H24O4/c1-21-17(19)16(18(20)22-2)15(13-9-5-3-6-10-13)14-11-7-4-8-12-14/h3,5-6,9-10,14-16H,4,7-8,11-12H2,1-2H3/t15-/m0/s1. The molecule has 1 aromatic rings. The Labute approximate surface area is 131 Å². The Morgan fingerprint density at radius 1 is 0.955 bits per heavy atom. The Hall–Kier alpha value is -1.84. The SMILES string of the molecule is COC(=O)C(C(=O)OC)[C@@H](c1ccccc1)C1CCCCC1. The average molecular weight is 304 g/mol. The van der Waals surface area contributed by atoms with Gasteiger partial charge in [-0.15, -0.1) is 0 Å². The van der Waals surface area contributed by atoms with Gasteiger partial charge in [0.05, 0.1) is 14.2 Å². The van der Waals surface area contributed by atoms with Gasteiger partial charge in [-0.1, -0.05) is 49.6 Å². The van der Waals surface area contributed by atoms with E-state index in [4.69, 9.17) is 9.47 Å². The van der Waals surface area contributed by atoms with Crippen LogP contribution in [0.3, 0.4) is 0 Å². The fraction of sp³-hybridized carbons (Fsp3) is 0.556. The van der Waals surface area contributed by atoms with E-state index in [1.165, 1.54) is 20.6 Å². The maximum absolute atomic E-state index is 12.2. The molecule has 1 aromatic carbocycles. The number of methoxy groups -OCH3 is 2. The summed E-state index contributed by atoms with van der Waals surface area (Å²) in [6, 6.07) is 9.79. The van der Waals surface area contributed by atoms with E-state index in [0.29, 0.717) is 5.92 Å².